The molecule has 0 aromatic carbocycles. The summed E-state index contributed by atoms with van der Waals surface area (Å²) in [6.07, 6.45) is 0.410. The minimum Gasteiger partial charge on any atom is -0.388 e. The quantitative estimate of drug-likeness (QED) is 0.495. The summed E-state index contributed by atoms with van der Waals surface area (Å²) in [5.74, 6) is 0.181. The molecule has 1 aliphatic heterocycles. The van der Waals surface area contributed by atoms with Gasteiger partial charge in [0.05, 0.1) is 18.2 Å². The number of aliphatic hydroxyl groups excluding tert-OH is 2. The molecule has 1 amide bonds. The summed E-state index contributed by atoms with van der Waals surface area (Å²) in [4.78, 5) is 13.2. The van der Waals surface area contributed by atoms with Crippen LogP contribution >= 0.6 is 0 Å². The lowest BCUT2D eigenvalue weighted by Crippen LogP contribution is -2.44. The van der Waals surface area contributed by atoms with Gasteiger partial charge in [0.2, 0.25) is 5.91 Å². The summed E-state index contributed by atoms with van der Waals surface area (Å²) in [7, 11) is 0. The molecule has 2 fully saturated rings. The molecule has 1 aliphatic carbocycles. The van der Waals surface area contributed by atoms with E-state index < -0.39 is 18.2 Å². The Hall–Kier alpha value is -0.650. The largest absolute Gasteiger partial charge is 0.388 e. The smallest absolute Gasteiger partial charge is 0.239 e. The van der Waals surface area contributed by atoms with Crippen molar-refractivity contribution in [2.24, 2.45) is 11.7 Å². The Labute approximate surface area is 82.5 Å². The predicted molar refractivity (Wildman–Crippen MR) is 49.3 cm³/mol. The number of nitrogens with zero attached hydrogens (tertiary/aromatic N) is 1. The maximum atomic E-state index is 11.7. The molecule has 0 spiro atoms. The normalized spacial score (nSPS) is 34.6. The van der Waals surface area contributed by atoms with Gasteiger partial charge in [-0.05, 0) is 18.8 Å². The first-order valence-corrected chi connectivity index (χ1v) is 5.00. The van der Waals surface area contributed by atoms with Crippen molar-refractivity contribution in [1.82, 2.24) is 4.90 Å². The van der Waals surface area contributed by atoms with Crippen LogP contribution in [0.1, 0.15) is 12.8 Å². The summed E-state index contributed by atoms with van der Waals surface area (Å²) in [6, 6.07) is -0.438. The van der Waals surface area contributed by atoms with Crippen molar-refractivity contribution in [3.05, 3.63) is 0 Å². The van der Waals surface area contributed by atoms with Crippen molar-refractivity contribution < 1.29 is 15.0 Å². The van der Waals surface area contributed by atoms with E-state index in [4.69, 9.17) is 5.73 Å². The van der Waals surface area contributed by atoms with Gasteiger partial charge in [0, 0.05) is 13.1 Å². The highest BCUT2D eigenvalue weighted by Crippen LogP contribution is 2.32. The van der Waals surface area contributed by atoms with Crippen LogP contribution in [-0.4, -0.2) is 52.4 Å². The summed E-state index contributed by atoms with van der Waals surface area (Å²) in [6.45, 7) is 0.418. The van der Waals surface area contributed by atoms with Gasteiger partial charge in [0.25, 0.3) is 0 Å². The molecule has 2 rings (SSSR count). The van der Waals surface area contributed by atoms with Gasteiger partial charge in [0.1, 0.15) is 0 Å². The van der Waals surface area contributed by atoms with E-state index in [1.54, 1.807) is 0 Å². The number of β-amino-alcohol motifs (C(OH)–C–C–N with tert-alkyl or cyclic N) is 2. The van der Waals surface area contributed by atoms with Crippen LogP contribution in [0.15, 0.2) is 0 Å². The first-order chi connectivity index (χ1) is 6.59. The molecule has 0 bridgehead atoms. The minimum absolute atomic E-state index is 0.136. The zero-order chi connectivity index (χ0) is 10.3. The SMILES string of the molecule is NC(C(=O)N1C[C@@H](O)[C@@H](O)C1)C1CC1. The molecule has 1 heterocycles. The lowest BCUT2D eigenvalue weighted by Gasteiger charge is -2.19. The number of hydrogen-bond acceptors (Lipinski definition) is 4. The molecule has 0 radical (unpaired) electrons. The third-order valence-electron chi connectivity index (χ3n) is 2.99. The lowest BCUT2D eigenvalue weighted by molar-refractivity contribution is -0.132. The molecule has 0 aromatic rings. The second-order valence-corrected chi connectivity index (χ2v) is 4.24. The van der Waals surface area contributed by atoms with Crippen LogP contribution in [-0.2, 0) is 4.79 Å². The fourth-order valence-corrected chi connectivity index (χ4v) is 1.82. The van der Waals surface area contributed by atoms with Crippen LogP contribution in [0.2, 0.25) is 0 Å². The van der Waals surface area contributed by atoms with E-state index in [1.165, 1.54) is 4.90 Å². The average molecular weight is 200 g/mol. The van der Waals surface area contributed by atoms with Crippen LogP contribution in [0.5, 0.6) is 0 Å². The van der Waals surface area contributed by atoms with E-state index in [9.17, 15) is 15.0 Å². The van der Waals surface area contributed by atoms with Gasteiger partial charge in [-0.3, -0.25) is 4.79 Å². The molecular formula is C9H16N2O3. The molecule has 0 aromatic heterocycles. The number of likely N-dealkylation sites (tertiary alicyclic amines) is 1. The van der Waals surface area contributed by atoms with Gasteiger partial charge >= 0.3 is 0 Å². The third-order valence-corrected chi connectivity index (χ3v) is 2.99. The number of carbonyl (C=O) groups is 1. The number of aliphatic hydroxyl groups is 2. The van der Waals surface area contributed by atoms with E-state index in [-0.39, 0.29) is 19.0 Å². The molecule has 14 heavy (non-hydrogen) atoms. The topological polar surface area (TPSA) is 86.8 Å². The molecule has 3 atom stereocenters. The third kappa shape index (κ3) is 1.75. The maximum Gasteiger partial charge on any atom is 0.239 e. The van der Waals surface area contributed by atoms with Crippen LogP contribution in [0.25, 0.3) is 0 Å². The highest BCUT2D eigenvalue weighted by atomic mass is 16.3. The van der Waals surface area contributed by atoms with Gasteiger partial charge in [-0.2, -0.15) is 0 Å². The average Bonchev–Trinajstić information content (AvgIpc) is 2.93. The number of carbonyl (C=O) groups excluding carboxylic acids is 1. The van der Waals surface area contributed by atoms with E-state index in [2.05, 4.69) is 0 Å². The van der Waals surface area contributed by atoms with Crippen molar-refractivity contribution >= 4 is 5.91 Å². The standard InChI is InChI=1S/C9H16N2O3/c10-8(5-1-2-5)9(14)11-3-6(12)7(13)4-11/h5-8,12-13H,1-4,10H2/t6-,7+,8?. The summed E-state index contributed by atoms with van der Waals surface area (Å²) in [5.41, 5.74) is 5.74. The Morgan fingerprint density at radius 2 is 1.79 bits per heavy atom. The molecule has 1 unspecified atom stereocenters. The number of rotatable bonds is 2. The number of hydrogen-bond donors (Lipinski definition) is 3. The summed E-state index contributed by atoms with van der Waals surface area (Å²) < 4.78 is 0. The fraction of sp³-hybridized carbons (Fsp3) is 0.889. The van der Waals surface area contributed by atoms with E-state index >= 15 is 0 Å². The molecule has 5 heteroatoms. The highest BCUT2D eigenvalue weighted by molar-refractivity contribution is 5.82. The second-order valence-electron chi connectivity index (χ2n) is 4.24. The van der Waals surface area contributed by atoms with Crippen molar-refractivity contribution in [2.45, 2.75) is 31.1 Å². The zero-order valence-corrected chi connectivity index (χ0v) is 7.97. The number of nitrogens with two attached hydrogens (primary N) is 1. The predicted octanol–water partition coefficient (Wildman–Crippen LogP) is -1.71. The van der Waals surface area contributed by atoms with Crippen LogP contribution in [0, 0.1) is 5.92 Å². The van der Waals surface area contributed by atoms with Crippen LogP contribution in [0.3, 0.4) is 0 Å². The van der Waals surface area contributed by atoms with Gasteiger partial charge in [-0.15, -0.1) is 0 Å². The summed E-state index contributed by atoms with van der Waals surface area (Å²) >= 11 is 0. The Bertz CT molecular complexity index is 232. The molecule has 80 valence electrons. The second kappa shape index (κ2) is 3.49. The molecule has 2 aliphatic rings. The Balaban J connectivity index is 1.92. The van der Waals surface area contributed by atoms with Crippen molar-refractivity contribution in [1.29, 1.82) is 0 Å². The Kier molecular flexibility index (Phi) is 2.47. The monoisotopic (exact) mass is 200 g/mol. The van der Waals surface area contributed by atoms with Gasteiger partial charge < -0.3 is 20.8 Å². The zero-order valence-electron chi connectivity index (χ0n) is 7.97. The van der Waals surface area contributed by atoms with E-state index in [0.29, 0.717) is 5.92 Å². The van der Waals surface area contributed by atoms with Crippen molar-refractivity contribution in [3.63, 3.8) is 0 Å². The van der Waals surface area contributed by atoms with Gasteiger partial charge in [-0.1, -0.05) is 0 Å². The van der Waals surface area contributed by atoms with Gasteiger partial charge in [0.15, 0.2) is 0 Å². The van der Waals surface area contributed by atoms with E-state index in [1.807, 2.05) is 0 Å². The van der Waals surface area contributed by atoms with Crippen LogP contribution in [0.4, 0.5) is 0 Å². The number of amides is 1. The Morgan fingerprint density at radius 3 is 2.21 bits per heavy atom. The van der Waals surface area contributed by atoms with Crippen molar-refractivity contribution in [2.75, 3.05) is 13.1 Å². The Morgan fingerprint density at radius 1 is 1.29 bits per heavy atom. The minimum atomic E-state index is -0.814. The first-order valence-electron chi connectivity index (χ1n) is 5.00. The maximum absolute atomic E-state index is 11.7. The molecule has 4 N–H and O–H groups in total. The van der Waals surface area contributed by atoms with Crippen LogP contribution < -0.4 is 5.73 Å². The molecule has 5 nitrogen and oxygen atoms in total. The van der Waals surface area contributed by atoms with E-state index in [0.717, 1.165) is 12.8 Å². The van der Waals surface area contributed by atoms with Crippen molar-refractivity contribution in [3.8, 4) is 0 Å². The molecule has 1 saturated carbocycles. The lowest BCUT2D eigenvalue weighted by atomic mass is 10.2. The highest BCUT2D eigenvalue weighted by Gasteiger charge is 2.39. The summed E-state index contributed by atoms with van der Waals surface area (Å²) in [5, 5.41) is 18.5. The molecular weight excluding hydrogens is 184 g/mol. The first kappa shape index (κ1) is 9.89. The van der Waals surface area contributed by atoms with Gasteiger partial charge in [-0.25, -0.2) is 0 Å². The molecule has 1 saturated heterocycles. The fourth-order valence-electron chi connectivity index (χ4n) is 1.82.